The van der Waals surface area contributed by atoms with Gasteiger partial charge in [0.1, 0.15) is 5.60 Å². The lowest BCUT2D eigenvalue weighted by Crippen LogP contribution is -2.44. The highest BCUT2D eigenvalue weighted by molar-refractivity contribution is 5.68. The molecule has 0 spiro atoms. The maximum Gasteiger partial charge on any atom is 0.410 e. The van der Waals surface area contributed by atoms with Gasteiger partial charge in [0.25, 0.3) is 0 Å². The van der Waals surface area contributed by atoms with Gasteiger partial charge in [-0.25, -0.2) is 4.79 Å². The van der Waals surface area contributed by atoms with Crippen LogP contribution in [-0.2, 0) is 4.74 Å². The molecule has 1 amide bonds. The van der Waals surface area contributed by atoms with Crippen molar-refractivity contribution < 1.29 is 9.53 Å². The summed E-state index contributed by atoms with van der Waals surface area (Å²) >= 11 is 0. The second-order valence-corrected chi connectivity index (χ2v) is 6.85. The van der Waals surface area contributed by atoms with E-state index in [9.17, 15) is 4.79 Å². The maximum atomic E-state index is 12.2. The van der Waals surface area contributed by atoms with Crippen molar-refractivity contribution in [1.29, 1.82) is 0 Å². The number of benzene rings is 1. The first-order valence-corrected chi connectivity index (χ1v) is 7.98. The van der Waals surface area contributed by atoms with Gasteiger partial charge in [-0.2, -0.15) is 0 Å². The highest BCUT2D eigenvalue weighted by atomic mass is 16.6. The molecule has 0 bridgehead atoms. The Hall–Kier alpha value is -1.55. The number of carbonyl (C=O) groups excluding carboxylic acids is 1. The van der Waals surface area contributed by atoms with E-state index in [0.717, 1.165) is 6.54 Å². The van der Waals surface area contributed by atoms with Crippen molar-refractivity contribution in [3.05, 3.63) is 35.9 Å². The molecule has 1 N–H and O–H groups in total. The van der Waals surface area contributed by atoms with Gasteiger partial charge in [-0.15, -0.1) is 0 Å². The molecule has 0 aromatic heterocycles. The van der Waals surface area contributed by atoms with Crippen LogP contribution >= 0.6 is 0 Å². The molecule has 0 fully saturated rings. The molecule has 0 saturated heterocycles. The zero-order valence-electron chi connectivity index (χ0n) is 14.7. The molecule has 1 atom stereocenters. The van der Waals surface area contributed by atoms with Crippen molar-refractivity contribution in [2.45, 2.75) is 59.2 Å². The number of nitrogens with zero attached hydrogens (tertiary/aromatic N) is 1. The van der Waals surface area contributed by atoms with Gasteiger partial charge in [0, 0.05) is 25.2 Å². The number of ether oxygens (including phenoxy) is 1. The van der Waals surface area contributed by atoms with E-state index in [0.29, 0.717) is 6.54 Å². The molecule has 0 aliphatic rings. The quantitative estimate of drug-likeness (QED) is 0.864. The molecule has 1 aromatic carbocycles. The predicted molar refractivity (Wildman–Crippen MR) is 90.9 cm³/mol. The van der Waals surface area contributed by atoms with Crippen LogP contribution < -0.4 is 5.32 Å². The molecular weight excluding hydrogens is 276 g/mol. The second kappa shape index (κ2) is 8.18. The van der Waals surface area contributed by atoms with Crippen molar-refractivity contribution in [2.24, 2.45) is 0 Å². The first kappa shape index (κ1) is 18.5. The third-order valence-corrected chi connectivity index (χ3v) is 3.35. The summed E-state index contributed by atoms with van der Waals surface area (Å²) in [7, 11) is 0. The first-order valence-electron chi connectivity index (χ1n) is 7.98. The Kier molecular flexibility index (Phi) is 6.88. The molecule has 0 aliphatic heterocycles. The van der Waals surface area contributed by atoms with E-state index >= 15 is 0 Å². The van der Waals surface area contributed by atoms with Gasteiger partial charge in [-0.3, -0.25) is 0 Å². The molecule has 124 valence electrons. The number of hydrogen-bond donors (Lipinski definition) is 1. The molecule has 4 nitrogen and oxygen atoms in total. The summed E-state index contributed by atoms with van der Waals surface area (Å²) in [5.41, 5.74) is 0.783. The molecule has 0 radical (unpaired) electrons. The van der Waals surface area contributed by atoms with Crippen LogP contribution in [-0.4, -0.2) is 35.7 Å². The number of rotatable bonds is 6. The second-order valence-electron chi connectivity index (χ2n) is 6.85. The van der Waals surface area contributed by atoms with E-state index in [4.69, 9.17) is 4.74 Å². The summed E-state index contributed by atoms with van der Waals surface area (Å²) < 4.78 is 5.46. The number of carbonyl (C=O) groups is 1. The molecular formula is C18H30N2O2. The van der Waals surface area contributed by atoms with Gasteiger partial charge in [0.2, 0.25) is 0 Å². The molecule has 0 aliphatic carbocycles. The lowest BCUT2D eigenvalue weighted by Gasteiger charge is -2.30. The molecule has 1 rings (SSSR count). The van der Waals surface area contributed by atoms with E-state index in [1.165, 1.54) is 5.56 Å². The SMILES string of the molecule is CC(NCCN(C(=O)OC(C)(C)C)C(C)C)c1ccccc1. The van der Waals surface area contributed by atoms with Gasteiger partial charge in [0.05, 0.1) is 0 Å². The Morgan fingerprint density at radius 1 is 1.18 bits per heavy atom. The van der Waals surface area contributed by atoms with E-state index in [-0.39, 0.29) is 18.2 Å². The monoisotopic (exact) mass is 306 g/mol. The summed E-state index contributed by atoms with van der Waals surface area (Å²) in [5.74, 6) is 0. The van der Waals surface area contributed by atoms with E-state index < -0.39 is 5.60 Å². The van der Waals surface area contributed by atoms with Crippen molar-refractivity contribution in [2.75, 3.05) is 13.1 Å². The van der Waals surface area contributed by atoms with Crippen LogP contribution in [0.1, 0.15) is 53.1 Å². The highest BCUT2D eigenvalue weighted by Gasteiger charge is 2.23. The fourth-order valence-corrected chi connectivity index (χ4v) is 2.14. The molecule has 4 heteroatoms. The Labute approximate surface area is 134 Å². The average Bonchev–Trinajstić information content (AvgIpc) is 2.41. The summed E-state index contributed by atoms with van der Waals surface area (Å²) in [6, 6.07) is 10.7. The zero-order chi connectivity index (χ0) is 16.8. The van der Waals surface area contributed by atoms with Gasteiger partial charge in [-0.05, 0) is 47.1 Å². The third-order valence-electron chi connectivity index (χ3n) is 3.35. The van der Waals surface area contributed by atoms with Crippen LogP contribution in [0.25, 0.3) is 0 Å². The fraction of sp³-hybridized carbons (Fsp3) is 0.611. The van der Waals surface area contributed by atoms with Gasteiger partial charge >= 0.3 is 6.09 Å². The average molecular weight is 306 g/mol. The Balaban J connectivity index is 2.50. The standard InChI is InChI=1S/C18H30N2O2/c1-14(2)20(17(21)22-18(4,5)6)13-12-19-15(3)16-10-8-7-9-11-16/h7-11,14-15,19H,12-13H2,1-6H3. The molecule has 1 unspecified atom stereocenters. The van der Waals surface area contributed by atoms with Crippen LogP contribution in [0.5, 0.6) is 0 Å². The largest absolute Gasteiger partial charge is 0.444 e. The minimum atomic E-state index is -0.463. The van der Waals surface area contributed by atoms with Crippen LogP contribution in [0.15, 0.2) is 30.3 Å². The Morgan fingerprint density at radius 3 is 2.27 bits per heavy atom. The van der Waals surface area contributed by atoms with Crippen LogP contribution in [0.2, 0.25) is 0 Å². The van der Waals surface area contributed by atoms with Crippen molar-refractivity contribution in [3.8, 4) is 0 Å². The van der Waals surface area contributed by atoms with Crippen LogP contribution in [0.4, 0.5) is 4.79 Å². The molecule has 1 aromatic rings. The maximum absolute atomic E-state index is 12.2. The smallest absolute Gasteiger partial charge is 0.410 e. The van der Waals surface area contributed by atoms with Crippen LogP contribution in [0.3, 0.4) is 0 Å². The first-order chi connectivity index (χ1) is 10.2. The zero-order valence-corrected chi connectivity index (χ0v) is 14.7. The lowest BCUT2D eigenvalue weighted by atomic mass is 10.1. The Bertz CT molecular complexity index is 452. The summed E-state index contributed by atoms with van der Waals surface area (Å²) in [5, 5.41) is 3.45. The molecule has 0 saturated carbocycles. The normalized spacial score (nSPS) is 13.0. The van der Waals surface area contributed by atoms with Crippen molar-refractivity contribution in [3.63, 3.8) is 0 Å². The number of nitrogens with one attached hydrogen (secondary N) is 1. The molecule has 22 heavy (non-hydrogen) atoms. The lowest BCUT2D eigenvalue weighted by molar-refractivity contribution is 0.0192. The van der Waals surface area contributed by atoms with Gasteiger partial charge < -0.3 is 15.0 Å². The van der Waals surface area contributed by atoms with Crippen molar-refractivity contribution in [1.82, 2.24) is 10.2 Å². The minimum absolute atomic E-state index is 0.115. The minimum Gasteiger partial charge on any atom is -0.444 e. The third kappa shape index (κ3) is 6.48. The van der Waals surface area contributed by atoms with Gasteiger partial charge in [-0.1, -0.05) is 30.3 Å². The topological polar surface area (TPSA) is 41.6 Å². The van der Waals surface area contributed by atoms with E-state index in [1.54, 1.807) is 4.90 Å². The van der Waals surface area contributed by atoms with Crippen LogP contribution in [0, 0.1) is 0 Å². The number of amides is 1. The number of hydrogen-bond acceptors (Lipinski definition) is 3. The fourth-order valence-electron chi connectivity index (χ4n) is 2.14. The highest BCUT2D eigenvalue weighted by Crippen LogP contribution is 2.13. The van der Waals surface area contributed by atoms with Gasteiger partial charge in [0.15, 0.2) is 0 Å². The predicted octanol–water partition coefficient (Wildman–Crippen LogP) is 3.98. The van der Waals surface area contributed by atoms with E-state index in [2.05, 4.69) is 24.4 Å². The molecule has 0 heterocycles. The summed E-state index contributed by atoms with van der Waals surface area (Å²) in [6.45, 7) is 13.2. The Morgan fingerprint density at radius 2 is 1.77 bits per heavy atom. The summed E-state index contributed by atoms with van der Waals surface area (Å²) in [4.78, 5) is 14.0. The van der Waals surface area contributed by atoms with E-state index in [1.807, 2.05) is 52.8 Å². The van der Waals surface area contributed by atoms with Crippen molar-refractivity contribution >= 4 is 6.09 Å². The summed E-state index contributed by atoms with van der Waals surface area (Å²) in [6.07, 6.45) is -0.253.